The maximum absolute atomic E-state index is 12.8. The molecule has 1 rings (SSSR count). The highest BCUT2D eigenvalue weighted by molar-refractivity contribution is 9.09. The molecule has 1 aliphatic carbocycles. The van der Waals surface area contributed by atoms with Crippen molar-refractivity contribution in [2.75, 3.05) is 5.33 Å². The molecule has 2 nitrogen and oxygen atoms in total. The van der Waals surface area contributed by atoms with Gasteiger partial charge in [0.15, 0.2) is 0 Å². The fourth-order valence-electron chi connectivity index (χ4n) is 2.42. The van der Waals surface area contributed by atoms with Crippen molar-refractivity contribution in [2.45, 2.75) is 51.2 Å². The van der Waals surface area contributed by atoms with Crippen LogP contribution in [0.5, 0.6) is 0 Å². The summed E-state index contributed by atoms with van der Waals surface area (Å²) in [4.78, 5) is 11.9. The molecule has 0 bridgehead atoms. The van der Waals surface area contributed by atoms with Crippen molar-refractivity contribution in [3.63, 3.8) is 0 Å². The number of carbonyl (C=O) groups excluding carboxylic acids is 1. The minimum Gasteiger partial charge on any atom is -0.353 e. The number of amides is 1. The summed E-state index contributed by atoms with van der Waals surface area (Å²) in [6.07, 6.45) is -1.86. The topological polar surface area (TPSA) is 29.1 Å². The molecule has 0 aliphatic heterocycles. The van der Waals surface area contributed by atoms with Crippen molar-refractivity contribution in [1.82, 2.24) is 5.32 Å². The van der Waals surface area contributed by atoms with E-state index in [0.717, 1.165) is 11.8 Å². The van der Waals surface area contributed by atoms with Crippen LogP contribution >= 0.6 is 15.9 Å². The Morgan fingerprint density at radius 2 is 2.00 bits per heavy atom. The second kappa shape index (κ2) is 6.78. The lowest BCUT2D eigenvalue weighted by Crippen LogP contribution is -2.45. The summed E-state index contributed by atoms with van der Waals surface area (Å²) in [5.74, 6) is -2.82. The summed E-state index contributed by atoms with van der Waals surface area (Å²) in [5, 5.41) is 3.41. The Kier molecular flexibility index (Phi) is 5.95. The van der Waals surface area contributed by atoms with Crippen LogP contribution in [0.4, 0.5) is 13.2 Å². The lowest BCUT2D eigenvalue weighted by atomic mass is 9.78. The lowest BCUT2D eigenvalue weighted by Gasteiger charge is -2.32. The summed E-state index contributed by atoms with van der Waals surface area (Å²) in [7, 11) is 0. The van der Waals surface area contributed by atoms with Gasteiger partial charge in [0.2, 0.25) is 5.91 Å². The van der Waals surface area contributed by atoms with Gasteiger partial charge in [0.1, 0.15) is 0 Å². The van der Waals surface area contributed by atoms with Crippen molar-refractivity contribution in [2.24, 2.45) is 11.8 Å². The zero-order chi connectivity index (χ0) is 13.8. The van der Waals surface area contributed by atoms with Crippen LogP contribution in [0.15, 0.2) is 0 Å². The number of nitrogens with one attached hydrogen (secondary N) is 1. The number of hydrogen-bond acceptors (Lipinski definition) is 1. The van der Waals surface area contributed by atoms with Crippen LogP contribution in [0.1, 0.15) is 39.0 Å². The lowest BCUT2D eigenvalue weighted by molar-refractivity contribution is -0.198. The van der Waals surface area contributed by atoms with Crippen LogP contribution in [0.25, 0.3) is 0 Å². The van der Waals surface area contributed by atoms with Crippen LogP contribution in [-0.4, -0.2) is 23.5 Å². The Morgan fingerprint density at radius 3 is 2.56 bits per heavy atom. The fraction of sp³-hybridized carbons (Fsp3) is 0.917. The summed E-state index contributed by atoms with van der Waals surface area (Å²) < 4.78 is 38.5. The summed E-state index contributed by atoms with van der Waals surface area (Å²) in [6, 6.07) is -0.0901. The van der Waals surface area contributed by atoms with Gasteiger partial charge in [-0.2, -0.15) is 13.2 Å². The summed E-state index contributed by atoms with van der Waals surface area (Å²) >= 11 is 3.25. The molecule has 6 heteroatoms. The number of rotatable bonds is 4. The molecular formula is C12H19BrF3NO. The van der Waals surface area contributed by atoms with Gasteiger partial charge in [0.05, 0.1) is 5.92 Å². The molecule has 1 amide bonds. The third kappa shape index (κ3) is 4.44. The smallest absolute Gasteiger partial charge is 0.353 e. The zero-order valence-corrected chi connectivity index (χ0v) is 12.0. The van der Waals surface area contributed by atoms with Crippen LogP contribution in [0.3, 0.4) is 0 Å². The number of alkyl halides is 4. The fourth-order valence-corrected chi connectivity index (χ4v) is 3.11. The first kappa shape index (κ1) is 15.8. The standard InChI is InChI=1S/C12H19BrF3NO/c1-8(6-7-13)17-11(18)9-4-2-3-5-10(9)12(14,15)16/h8-10H,2-7H2,1H3,(H,17,18). The quantitative estimate of drug-likeness (QED) is 0.784. The average molecular weight is 330 g/mol. The average Bonchev–Trinajstić information content (AvgIpc) is 2.28. The van der Waals surface area contributed by atoms with E-state index in [2.05, 4.69) is 21.2 Å². The van der Waals surface area contributed by atoms with Crippen LogP contribution in [0, 0.1) is 11.8 Å². The van der Waals surface area contributed by atoms with Crippen LogP contribution < -0.4 is 5.32 Å². The van der Waals surface area contributed by atoms with E-state index in [9.17, 15) is 18.0 Å². The highest BCUT2D eigenvalue weighted by atomic mass is 79.9. The maximum Gasteiger partial charge on any atom is 0.392 e. The maximum atomic E-state index is 12.8. The van der Waals surface area contributed by atoms with Crippen molar-refractivity contribution in [3.8, 4) is 0 Å². The number of halogens is 4. The van der Waals surface area contributed by atoms with Gasteiger partial charge in [-0.3, -0.25) is 4.79 Å². The zero-order valence-electron chi connectivity index (χ0n) is 10.4. The van der Waals surface area contributed by atoms with Gasteiger partial charge in [-0.15, -0.1) is 0 Å². The van der Waals surface area contributed by atoms with Crippen molar-refractivity contribution < 1.29 is 18.0 Å². The first-order chi connectivity index (χ1) is 8.36. The van der Waals surface area contributed by atoms with E-state index >= 15 is 0 Å². The predicted octanol–water partition coefficient (Wildman–Crippen LogP) is 3.64. The van der Waals surface area contributed by atoms with Crippen molar-refractivity contribution >= 4 is 21.8 Å². The molecule has 18 heavy (non-hydrogen) atoms. The molecule has 0 saturated heterocycles. The molecule has 1 N–H and O–H groups in total. The Balaban J connectivity index is 2.63. The largest absolute Gasteiger partial charge is 0.392 e. The van der Waals surface area contributed by atoms with Gasteiger partial charge < -0.3 is 5.32 Å². The van der Waals surface area contributed by atoms with E-state index < -0.39 is 23.9 Å². The van der Waals surface area contributed by atoms with Gasteiger partial charge in [0, 0.05) is 17.3 Å². The third-order valence-corrected chi connectivity index (χ3v) is 3.91. The van der Waals surface area contributed by atoms with E-state index in [1.165, 1.54) is 0 Å². The van der Waals surface area contributed by atoms with E-state index in [1.807, 2.05) is 6.92 Å². The number of hydrogen-bond donors (Lipinski definition) is 1. The first-order valence-electron chi connectivity index (χ1n) is 6.29. The van der Waals surface area contributed by atoms with Crippen molar-refractivity contribution in [3.05, 3.63) is 0 Å². The van der Waals surface area contributed by atoms with Gasteiger partial charge in [-0.25, -0.2) is 0 Å². The molecule has 0 aromatic rings. The Labute approximate surface area is 114 Å². The molecule has 0 aromatic heterocycles. The Morgan fingerprint density at radius 1 is 1.39 bits per heavy atom. The molecule has 3 atom stereocenters. The second-order valence-electron chi connectivity index (χ2n) is 4.93. The highest BCUT2D eigenvalue weighted by Gasteiger charge is 2.48. The van der Waals surface area contributed by atoms with Gasteiger partial charge in [0.25, 0.3) is 0 Å². The molecule has 0 spiro atoms. The molecule has 1 fully saturated rings. The van der Waals surface area contributed by atoms with Crippen LogP contribution in [-0.2, 0) is 4.79 Å². The number of carbonyl (C=O) groups is 1. The second-order valence-corrected chi connectivity index (χ2v) is 5.72. The van der Waals surface area contributed by atoms with E-state index in [1.54, 1.807) is 0 Å². The van der Waals surface area contributed by atoms with Crippen LogP contribution in [0.2, 0.25) is 0 Å². The summed E-state index contributed by atoms with van der Waals surface area (Å²) in [6.45, 7) is 1.81. The van der Waals surface area contributed by atoms with E-state index in [-0.39, 0.29) is 12.5 Å². The van der Waals surface area contributed by atoms with Gasteiger partial charge in [-0.1, -0.05) is 28.8 Å². The SMILES string of the molecule is CC(CCBr)NC(=O)C1CCCCC1C(F)(F)F. The first-order valence-corrected chi connectivity index (χ1v) is 7.41. The molecule has 3 unspecified atom stereocenters. The molecule has 1 aliphatic rings. The summed E-state index contributed by atoms with van der Waals surface area (Å²) in [5.41, 5.74) is 0. The van der Waals surface area contributed by atoms with E-state index in [4.69, 9.17) is 0 Å². The predicted molar refractivity (Wildman–Crippen MR) is 67.5 cm³/mol. The molecule has 1 saturated carbocycles. The monoisotopic (exact) mass is 329 g/mol. The third-order valence-electron chi connectivity index (χ3n) is 3.45. The molecule has 0 heterocycles. The molecule has 0 aromatic carbocycles. The highest BCUT2D eigenvalue weighted by Crippen LogP contribution is 2.41. The minimum absolute atomic E-state index is 0.0778. The Hall–Kier alpha value is -0.260. The molecular weight excluding hydrogens is 311 g/mol. The molecule has 106 valence electrons. The Bertz CT molecular complexity index is 283. The van der Waals surface area contributed by atoms with E-state index in [0.29, 0.717) is 19.3 Å². The van der Waals surface area contributed by atoms with Gasteiger partial charge in [-0.05, 0) is 26.2 Å². The minimum atomic E-state index is -4.26. The van der Waals surface area contributed by atoms with Gasteiger partial charge >= 0.3 is 6.18 Å². The van der Waals surface area contributed by atoms with Crippen molar-refractivity contribution in [1.29, 1.82) is 0 Å². The molecule has 0 radical (unpaired) electrons. The normalized spacial score (nSPS) is 26.7.